The molecule has 0 fully saturated rings. The van der Waals surface area contributed by atoms with Crippen LogP contribution in [0.5, 0.6) is 0 Å². The number of hydrogen-bond donors (Lipinski definition) is 1. The molecule has 0 aliphatic heterocycles. The van der Waals surface area contributed by atoms with E-state index in [1.165, 1.54) is 6.92 Å². The van der Waals surface area contributed by atoms with Gasteiger partial charge in [-0.05, 0) is 24.6 Å². The Kier molecular flexibility index (Phi) is 3.10. The molecule has 1 aromatic heterocycles. The second-order valence-electron chi connectivity index (χ2n) is 4.33. The third-order valence-corrected chi connectivity index (χ3v) is 3.01. The molecule has 2 N–H and O–H groups in total. The summed E-state index contributed by atoms with van der Waals surface area (Å²) in [6, 6.07) is 7.11. The number of para-hydroxylation sites is 1. The highest BCUT2D eigenvalue weighted by molar-refractivity contribution is 6.30. The van der Waals surface area contributed by atoms with Gasteiger partial charge in [0.25, 0.3) is 6.43 Å². The molecular weight excluding hydrogens is 248 g/mol. The molecule has 0 radical (unpaired) electrons. The molecule has 0 amide bonds. The van der Waals surface area contributed by atoms with Crippen molar-refractivity contribution in [2.24, 2.45) is 5.73 Å². The first kappa shape index (κ1) is 12.3. The zero-order valence-electron chi connectivity index (χ0n) is 9.21. The summed E-state index contributed by atoms with van der Waals surface area (Å²) in [4.78, 5) is 0. The van der Waals surface area contributed by atoms with Crippen molar-refractivity contribution in [1.82, 2.24) is 0 Å². The van der Waals surface area contributed by atoms with Crippen LogP contribution in [0.15, 0.2) is 28.7 Å². The highest BCUT2D eigenvalue weighted by atomic mass is 35.5. The first-order chi connectivity index (χ1) is 7.92. The summed E-state index contributed by atoms with van der Waals surface area (Å²) in [5.74, 6) is 0. The van der Waals surface area contributed by atoms with E-state index in [2.05, 4.69) is 0 Å². The zero-order chi connectivity index (χ0) is 12.6. The second-order valence-corrected chi connectivity index (χ2v) is 4.68. The van der Waals surface area contributed by atoms with E-state index >= 15 is 0 Å². The van der Waals surface area contributed by atoms with E-state index in [4.69, 9.17) is 21.8 Å². The van der Waals surface area contributed by atoms with Gasteiger partial charge in [0.15, 0.2) is 5.22 Å². The van der Waals surface area contributed by atoms with E-state index < -0.39 is 12.0 Å². The predicted octanol–water partition coefficient (Wildman–Crippen LogP) is 3.61. The summed E-state index contributed by atoms with van der Waals surface area (Å²) < 4.78 is 30.8. The minimum Gasteiger partial charge on any atom is -0.444 e. The summed E-state index contributed by atoms with van der Waals surface area (Å²) in [6.07, 6.45) is -2.65. The van der Waals surface area contributed by atoms with Gasteiger partial charge in [0.1, 0.15) is 5.58 Å². The van der Waals surface area contributed by atoms with Gasteiger partial charge in [0.05, 0.1) is 5.54 Å². The van der Waals surface area contributed by atoms with Crippen LogP contribution in [-0.2, 0) is 6.42 Å². The monoisotopic (exact) mass is 259 g/mol. The van der Waals surface area contributed by atoms with Gasteiger partial charge in [0, 0.05) is 17.4 Å². The van der Waals surface area contributed by atoms with Gasteiger partial charge in [-0.2, -0.15) is 0 Å². The Morgan fingerprint density at radius 1 is 1.41 bits per heavy atom. The molecule has 0 spiro atoms. The first-order valence-corrected chi connectivity index (χ1v) is 5.52. The third-order valence-electron chi connectivity index (χ3n) is 2.71. The number of alkyl halides is 2. The minimum atomic E-state index is -2.62. The second kappa shape index (κ2) is 4.27. The Morgan fingerprint density at radius 2 is 2.06 bits per heavy atom. The van der Waals surface area contributed by atoms with Crippen molar-refractivity contribution in [1.29, 1.82) is 0 Å². The molecule has 1 aromatic carbocycles. The summed E-state index contributed by atoms with van der Waals surface area (Å²) in [6.45, 7) is 1.30. The Balaban J connectivity index is 2.45. The maximum absolute atomic E-state index is 12.7. The maximum Gasteiger partial charge on any atom is 0.256 e. The minimum absolute atomic E-state index is 0.0273. The SMILES string of the molecule is CC(N)(Cc1c(Cl)oc2ccccc12)C(F)F. The van der Waals surface area contributed by atoms with E-state index in [1.54, 1.807) is 24.3 Å². The average Bonchev–Trinajstić information content (AvgIpc) is 2.55. The number of hydrogen-bond acceptors (Lipinski definition) is 2. The molecule has 2 nitrogen and oxygen atoms in total. The number of nitrogens with two attached hydrogens (primary N) is 1. The molecule has 2 aromatic rings. The van der Waals surface area contributed by atoms with Crippen LogP contribution in [0.1, 0.15) is 12.5 Å². The molecule has 5 heteroatoms. The van der Waals surface area contributed by atoms with E-state index in [0.29, 0.717) is 11.1 Å². The fourth-order valence-corrected chi connectivity index (χ4v) is 1.94. The maximum atomic E-state index is 12.7. The van der Waals surface area contributed by atoms with Gasteiger partial charge < -0.3 is 10.2 Å². The smallest absolute Gasteiger partial charge is 0.256 e. The lowest BCUT2D eigenvalue weighted by Gasteiger charge is -2.22. The molecule has 1 heterocycles. The standard InChI is InChI=1S/C12H12ClF2NO/c1-12(16,11(14)15)6-8-7-4-2-3-5-9(7)17-10(8)13/h2-5,11H,6,16H2,1H3. The lowest BCUT2D eigenvalue weighted by atomic mass is 9.94. The number of halogens is 3. The van der Waals surface area contributed by atoms with Gasteiger partial charge in [-0.15, -0.1) is 0 Å². The van der Waals surface area contributed by atoms with Crippen LogP contribution in [0.4, 0.5) is 8.78 Å². The van der Waals surface area contributed by atoms with Crippen LogP contribution in [-0.4, -0.2) is 12.0 Å². The summed E-state index contributed by atoms with van der Waals surface area (Å²) in [5, 5.41) is 0.860. The van der Waals surface area contributed by atoms with Crippen molar-refractivity contribution in [3.05, 3.63) is 35.0 Å². The van der Waals surface area contributed by atoms with Gasteiger partial charge in [-0.1, -0.05) is 18.2 Å². The van der Waals surface area contributed by atoms with Crippen LogP contribution in [0.3, 0.4) is 0 Å². The van der Waals surface area contributed by atoms with Gasteiger partial charge in [-0.25, -0.2) is 8.78 Å². The molecule has 0 aliphatic rings. The fourth-order valence-electron chi connectivity index (χ4n) is 1.69. The van der Waals surface area contributed by atoms with Crippen LogP contribution in [0, 0.1) is 0 Å². The lowest BCUT2D eigenvalue weighted by molar-refractivity contribution is 0.0640. The summed E-state index contributed by atoms with van der Waals surface area (Å²) in [7, 11) is 0. The Bertz CT molecular complexity index is 536. The van der Waals surface area contributed by atoms with Crippen LogP contribution < -0.4 is 5.73 Å². The topological polar surface area (TPSA) is 39.2 Å². The van der Waals surface area contributed by atoms with E-state index in [1.807, 2.05) is 0 Å². The van der Waals surface area contributed by atoms with Crippen LogP contribution in [0.25, 0.3) is 11.0 Å². The van der Waals surface area contributed by atoms with E-state index in [-0.39, 0.29) is 11.6 Å². The van der Waals surface area contributed by atoms with Crippen molar-refractivity contribution in [3.63, 3.8) is 0 Å². The number of benzene rings is 1. The zero-order valence-corrected chi connectivity index (χ0v) is 9.97. The van der Waals surface area contributed by atoms with Crippen molar-refractivity contribution in [2.45, 2.75) is 25.3 Å². The Hall–Kier alpha value is -1.13. The van der Waals surface area contributed by atoms with E-state index in [0.717, 1.165) is 5.39 Å². The first-order valence-electron chi connectivity index (χ1n) is 5.15. The fraction of sp³-hybridized carbons (Fsp3) is 0.333. The largest absolute Gasteiger partial charge is 0.444 e. The predicted molar refractivity (Wildman–Crippen MR) is 63.5 cm³/mol. The molecule has 0 saturated carbocycles. The number of fused-ring (bicyclic) bond motifs is 1. The highest BCUT2D eigenvalue weighted by Gasteiger charge is 2.32. The third kappa shape index (κ3) is 2.28. The van der Waals surface area contributed by atoms with Gasteiger partial charge >= 0.3 is 0 Å². The number of rotatable bonds is 3. The number of furan rings is 1. The normalized spacial score (nSPS) is 15.4. The molecule has 1 atom stereocenters. The molecule has 0 bridgehead atoms. The Labute approximate surface area is 102 Å². The van der Waals surface area contributed by atoms with Gasteiger partial charge in [0.2, 0.25) is 0 Å². The summed E-state index contributed by atoms with van der Waals surface area (Å²) in [5.41, 5.74) is 5.06. The molecule has 17 heavy (non-hydrogen) atoms. The van der Waals surface area contributed by atoms with Crippen molar-refractivity contribution >= 4 is 22.6 Å². The molecule has 92 valence electrons. The Morgan fingerprint density at radius 3 is 2.71 bits per heavy atom. The average molecular weight is 260 g/mol. The van der Waals surface area contributed by atoms with E-state index in [9.17, 15) is 8.78 Å². The van der Waals surface area contributed by atoms with Crippen molar-refractivity contribution in [2.75, 3.05) is 0 Å². The molecule has 1 unspecified atom stereocenters. The van der Waals surface area contributed by atoms with Gasteiger partial charge in [-0.3, -0.25) is 0 Å². The van der Waals surface area contributed by atoms with Crippen LogP contribution in [0.2, 0.25) is 5.22 Å². The van der Waals surface area contributed by atoms with Crippen molar-refractivity contribution < 1.29 is 13.2 Å². The molecular formula is C12H12ClF2NO. The molecule has 0 saturated heterocycles. The summed E-state index contributed by atoms with van der Waals surface area (Å²) >= 11 is 5.91. The molecule has 2 rings (SSSR count). The van der Waals surface area contributed by atoms with Crippen molar-refractivity contribution in [3.8, 4) is 0 Å². The quantitative estimate of drug-likeness (QED) is 0.915. The van der Waals surface area contributed by atoms with Crippen LogP contribution >= 0.6 is 11.6 Å². The highest BCUT2D eigenvalue weighted by Crippen LogP contribution is 2.33. The molecule has 0 aliphatic carbocycles. The lowest BCUT2D eigenvalue weighted by Crippen LogP contribution is -2.45.